The molecular formula is C25H38N6O5. The van der Waals surface area contributed by atoms with Crippen molar-refractivity contribution >= 4 is 23.3 Å². The Balaban J connectivity index is 1.92. The zero-order valence-electron chi connectivity index (χ0n) is 21.5. The molecule has 1 aliphatic carbocycles. The Morgan fingerprint density at radius 3 is 2.75 bits per heavy atom. The molecule has 0 amide bonds. The highest BCUT2D eigenvalue weighted by molar-refractivity contribution is 5.78. The number of aromatic nitrogens is 2. The van der Waals surface area contributed by atoms with Gasteiger partial charge < -0.3 is 20.1 Å². The largest absolute Gasteiger partial charge is 0.465 e. The van der Waals surface area contributed by atoms with Gasteiger partial charge >= 0.3 is 17.7 Å². The molecule has 198 valence electrons. The molecule has 36 heavy (non-hydrogen) atoms. The van der Waals surface area contributed by atoms with Gasteiger partial charge in [-0.2, -0.15) is 9.97 Å². The molecule has 1 fully saturated rings. The molecule has 2 aliphatic rings. The van der Waals surface area contributed by atoms with Crippen molar-refractivity contribution in [1.29, 1.82) is 0 Å². The highest BCUT2D eigenvalue weighted by Crippen LogP contribution is 2.34. The summed E-state index contributed by atoms with van der Waals surface area (Å²) in [5, 5.41) is 12.0. The van der Waals surface area contributed by atoms with Crippen LogP contribution >= 0.6 is 0 Å². The Labute approximate surface area is 212 Å². The van der Waals surface area contributed by atoms with Crippen LogP contribution < -0.4 is 15.4 Å². The fourth-order valence-electron chi connectivity index (χ4n) is 4.66. The normalized spacial score (nSPS) is 18.5. The van der Waals surface area contributed by atoms with Crippen molar-refractivity contribution in [2.45, 2.75) is 59.0 Å². The van der Waals surface area contributed by atoms with E-state index in [1.54, 1.807) is 11.8 Å². The molecule has 3 rings (SSSR count). The van der Waals surface area contributed by atoms with E-state index in [-0.39, 0.29) is 42.8 Å². The van der Waals surface area contributed by atoms with Crippen molar-refractivity contribution in [2.24, 2.45) is 5.92 Å². The number of allylic oxidation sites excluding steroid dienone is 1. The lowest BCUT2D eigenvalue weighted by atomic mass is 9.95. The van der Waals surface area contributed by atoms with Crippen molar-refractivity contribution in [3.8, 4) is 6.01 Å². The number of nitrogens with zero attached hydrogens (tertiary/aromatic N) is 5. The predicted molar refractivity (Wildman–Crippen MR) is 138 cm³/mol. The van der Waals surface area contributed by atoms with E-state index in [2.05, 4.69) is 33.1 Å². The summed E-state index contributed by atoms with van der Waals surface area (Å²) in [6, 6.07) is -0.0447. The first-order chi connectivity index (χ1) is 17.3. The summed E-state index contributed by atoms with van der Waals surface area (Å²) in [7, 11) is 0. The summed E-state index contributed by atoms with van der Waals surface area (Å²) in [5.74, 6) is -0.811. The average Bonchev–Trinajstić information content (AvgIpc) is 3.31. The lowest BCUT2D eigenvalue weighted by Gasteiger charge is -2.28. The molecule has 2 N–H and O–H groups in total. The number of nitrogen functional groups attached to an aromatic ring is 1. The minimum Gasteiger partial charge on any atom is -0.465 e. The molecule has 0 radical (unpaired) electrons. The number of carbonyl (C=O) groups excluding carboxylic acids is 1. The fourth-order valence-corrected chi connectivity index (χ4v) is 4.66. The van der Waals surface area contributed by atoms with E-state index in [0.29, 0.717) is 6.54 Å². The van der Waals surface area contributed by atoms with Crippen LogP contribution in [0, 0.1) is 16.0 Å². The molecule has 1 aliphatic heterocycles. The lowest BCUT2D eigenvalue weighted by molar-refractivity contribution is -0.383. The van der Waals surface area contributed by atoms with Crippen LogP contribution in [0.5, 0.6) is 6.01 Å². The summed E-state index contributed by atoms with van der Waals surface area (Å²) >= 11 is 0. The maximum absolute atomic E-state index is 12.5. The van der Waals surface area contributed by atoms with E-state index in [0.717, 1.165) is 38.9 Å². The summed E-state index contributed by atoms with van der Waals surface area (Å²) in [5.41, 5.74) is 6.77. The van der Waals surface area contributed by atoms with Gasteiger partial charge in [-0.3, -0.25) is 19.8 Å². The van der Waals surface area contributed by atoms with Crippen LogP contribution in [-0.4, -0.2) is 71.2 Å². The Kier molecular flexibility index (Phi) is 10.0. The molecule has 2 heterocycles. The number of nitro groups is 1. The predicted octanol–water partition coefficient (Wildman–Crippen LogP) is 3.50. The highest BCUT2D eigenvalue weighted by atomic mass is 16.6. The van der Waals surface area contributed by atoms with E-state index in [9.17, 15) is 14.9 Å². The van der Waals surface area contributed by atoms with Gasteiger partial charge in [0.1, 0.15) is 6.54 Å². The molecule has 1 aromatic rings. The second-order valence-corrected chi connectivity index (χ2v) is 9.35. The van der Waals surface area contributed by atoms with Gasteiger partial charge in [0.2, 0.25) is 11.6 Å². The zero-order chi connectivity index (χ0) is 26.1. The molecule has 1 unspecified atom stereocenters. The van der Waals surface area contributed by atoms with E-state index >= 15 is 0 Å². The Bertz CT molecular complexity index is 976. The van der Waals surface area contributed by atoms with Gasteiger partial charge in [0, 0.05) is 13.1 Å². The van der Waals surface area contributed by atoms with E-state index in [4.69, 9.17) is 15.2 Å². The van der Waals surface area contributed by atoms with Gasteiger partial charge in [0.25, 0.3) is 0 Å². The number of rotatable bonds is 13. The Morgan fingerprint density at radius 1 is 1.33 bits per heavy atom. The number of likely N-dealkylation sites (tertiary alicyclic amines) is 1. The summed E-state index contributed by atoms with van der Waals surface area (Å²) in [6.07, 6.45) is 11.1. The fraction of sp³-hybridized carbons (Fsp3) is 0.640. The molecule has 0 aromatic carbocycles. The first-order valence-corrected chi connectivity index (χ1v) is 12.8. The molecule has 1 saturated heterocycles. The zero-order valence-corrected chi connectivity index (χ0v) is 21.5. The summed E-state index contributed by atoms with van der Waals surface area (Å²) < 4.78 is 11.0. The minimum atomic E-state index is -0.614. The Hall–Kier alpha value is -3.21. The number of anilines is 2. The van der Waals surface area contributed by atoms with Crippen LogP contribution in [0.4, 0.5) is 17.3 Å². The van der Waals surface area contributed by atoms with Gasteiger partial charge in [-0.05, 0) is 64.1 Å². The van der Waals surface area contributed by atoms with Crippen molar-refractivity contribution in [2.75, 3.05) is 50.0 Å². The van der Waals surface area contributed by atoms with E-state index < -0.39 is 16.6 Å². The number of esters is 1. The molecule has 1 aromatic heterocycles. The maximum Gasteiger partial charge on any atom is 0.353 e. The van der Waals surface area contributed by atoms with Gasteiger partial charge in [-0.15, -0.1) is 0 Å². The van der Waals surface area contributed by atoms with E-state index in [1.165, 1.54) is 18.4 Å². The highest BCUT2D eigenvalue weighted by Gasteiger charge is 2.31. The summed E-state index contributed by atoms with van der Waals surface area (Å²) in [4.78, 5) is 36.2. The van der Waals surface area contributed by atoms with Gasteiger partial charge in [0.05, 0.1) is 17.6 Å². The smallest absolute Gasteiger partial charge is 0.353 e. The molecule has 11 nitrogen and oxygen atoms in total. The van der Waals surface area contributed by atoms with Crippen LogP contribution in [0.25, 0.3) is 0 Å². The minimum absolute atomic E-state index is 0.0289. The van der Waals surface area contributed by atoms with Crippen LogP contribution in [0.2, 0.25) is 0 Å². The second kappa shape index (κ2) is 13.2. The van der Waals surface area contributed by atoms with Gasteiger partial charge in [0.15, 0.2) is 0 Å². The van der Waals surface area contributed by atoms with Crippen LogP contribution in [0.1, 0.15) is 52.9 Å². The van der Waals surface area contributed by atoms with Gasteiger partial charge in [-0.25, -0.2) is 0 Å². The molecular weight excluding hydrogens is 464 g/mol. The van der Waals surface area contributed by atoms with Crippen LogP contribution in [0.15, 0.2) is 23.8 Å². The van der Waals surface area contributed by atoms with Crippen molar-refractivity contribution in [1.82, 2.24) is 14.9 Å². The third-order valence-corrected chi connectivity index (χ3v) is 6.26. The van der Waals surface area contributed by atoms with Crippen molar-refractivity contribution in [3.05, 3.63) is 33.9 Å². The quantitative estimate of drug-likeness (QED) is 0.242. The van der Waals surface area contributed by atoms with Crippen molar-refractivity contribution < 1.29 is 19.2 Å². The standard InChI is InChI=1S/C25H38N6O5/c1-4-9-18(3)36-25-27-23(26)22(31(33)34)24(28-25)30(17-21(32)35-5-2)16-20-11-8-10-19(14-20)15-29-12-6-7-13-29/h8,10,14,18,20H,4-7,9,11-13,15-17H2,1-3H3,(H2,26,27,28)/t18-,20?/m0/s1. The molecule has 2 atom stereocenters. The monoisotopic (exact) mass is 502 g/mol. The maximum atomic E-state index is 12.5. The van der Waals surface area contributed by atoms with Crippen molar-refractivity contribution in [3.63, 3.8) is 0 Å². The topological polar surface area (TPSA) is 137 Å². The number of hydrogen-bond donors (Lipinski definition) is 1. The molecule has 0 spiro atoms. The average molecular weight is 503 g/mol. The number of hydrogen-bond acceptors (Lipinski definition) is 10. The third kappa shape index (κ3) is 7.64. The SMILES string of the molecule is CCC[C@H](C)Oc1nc(N)c([N+](=O)[O-])c(N(CC(=O)OCC)CC2C=C(CN3CCCC3)C=CC2)n1. The number of ether oxygens (including phenoxy) is 2. The number of nitrogens with two attached hydrogens (primary N) is 1. The van der Waals surface area contributed by atoms with Gasteiger partial charge in [-0.1, -0.05) is 31.6 Å². The lowest BCUT2D eigenvalue weighted by Crippen LogP contribution is -2.36. The first kappa shape index (κ1) is 27.4. The Morgan fingerprint density at radius 2 is 2.08 bits per heavy atom. The third-order valence-electron chi connectivity index (χ3n) is 6.26. The summed E-state index contributed by atoms with van der Waals surface area (Å²) in [6.45, 7) is 9.01. The second-order valence-electron chi connectivity index (χ2n) is 9.35. The molecule has 0 saturated carbocycles. The van der Waals surface area contributed by atoms with Crippen LogP contribution in [0.3, 0.4) is 0 Å². The number of carbonyl (C=O) groups is 1. The molecule has 11 heteroatoms. The van der Waals surface area contributed by atoms with E-state index in [1.807, 2.05) is 13.8 Å². The van der Waals surface area contributed by atoms with Crippen LogP contribution in [-0.2, 0) is 9.53 Å². The first-order valence-electron chi connectivity index (χ1n) is 12.8. The molecule has 0 bridgehead atoms.